The van der Waals surface area contributed by atoms with Crippen LogP contribution in [0.25, 0.3) is 0 Å². The summed E-state index contributed by atoms with van der Waals surface area (Å²) in [6.07, 6.45) is 4.66. The average Bonchev–Trinajstić information content (AvgIpc) is 2.44. The van der Waals surface area contributed by atoms with Crippen LogP contribution in [0.1, 0.15) is 32.6 Å². The fourth-order valence-electron chi connectivity index (χ4n) is 2.76. The second kappa shape index (κ2) is 3.97. The maximum absolute atomic E-state index is 11.5. The summed E-state index contributed by atoms with van der Waals surface area (Å²) in [5.74, 6) is -0.237. The molecule has 0 aromatic carbocycles. The molecule has 0 aromatic rings. The van der Waals surface area contributed by atoms with E-state index >= 15 is 0 Å². The zero-order valence-electron chi connectivity index (χ0n) is 9.53. The molecule has 0 saturated carbocycles. The molecule has 0 N–H and O–H groups in total. The Morgan fingerprint density at radius 3 is 2.67 bits per heavy atom. The Kier molecular flexibility index (Phi) is 2.83. The van der Waals surface area contributed by atoms with Crippen LogP contribution < -0.4 is 0 Å². The monoisotopic (exact) mass is 209 g/mol. The Bertz CT molecular complexity index is 287. The second-order valence-corrected chi connectivity index (χ2v) is 4.77. The van der Waals surface area contributed by atoms with Crippen LogP contribution in [0, 0.1) is 0 Å². The lowest BCUT2D eigenvalue weighted by Gasteiger charge is -2.36. The topological polar surface area (TPSA) is 29.5 Å². The molecule has 2 saturated heterocycles. The lowest BCUT2D eigenvalue weighted by atomic mass is 10.0. The van der Waals surface area contributed by atoms with Crippen LogP contribution in [0.2, 0.25) is 0 Å². The van der Waals surface area contributed by atoms with Gasteiger partial charge in [0, 0.05) is 17.7 Å². The summed E-state index contributed by atoms with van der Waals surface area (Å²) in [6, 6.07) is 1.15. The molecule has 0 aliphatic carbocycles. The number of likely N-dealkylation sites (N-methyl/N-ethyl adjacent to an activating group) is 1. The molecule has 0 amide bonds. The SMILES string of the molecule is C=C(C)C(=O)OC1CCC2CCC1N2C. The summed E-state index contributed by atoms with van der Waals surface area (Å²) < 4.78 is 5.47. The van der Waals surface area contributed by atoms with Crippen LogP contribution in [0.5, 0.6) is 0 Å². The lowest BCUT2D eigenvalue weighted by Crippen LogP contribution is -2.46. The maximum atomic E-state index is 11.5. The summed E-state index contributed by atoms with van der Waals surface area (Å²) >= 11 is 0. The van der Waals surface area contributed by atoms with Crippen molar-refractivity contribution in [2.45, 2.75) is 50.8 Å². The highest BCUT2D eigenvalue weighted by Gasteiger charge is 2.41. The van der Waals surface area contributed by atoms with Crippen molar-refractivity contribution in [2.75, 3.05) is 7.05 Å². The molecule has 84 valence electrons. The number of fused-ring (bicyclic) bond motifs is 2. The van der Waals surface area contributed by atoms with Gasteiger partial charge in [-0.2, -0.15) is 0 Å². The van der Waals surface area contributed by atoms with Gasteiger partial charge in [-0.05, 0) is 39.7 Å². The van der Waals surface area contributed by atoms with Gasteiger partial charge in [0.1, 0.15) is 6.10 Å². The molecule has 3 unspecified atom stereocenters. The van der Waals surface area contributed by atoms with Gasteiger partial charge in [0.25, 0.3) is 0 Å². The van der Waals surface area contributed by atoms with E-state index in [1.807, 2.05) is 0 Å². The zero-order valence-corrected chi connectivity index (χ0v) is 9.53. The molecule has 0 radical (unpaired) electrons. The van der Waals surface area contributed by atoms with Gasteiger partial charge >= 0.3 is 5.97 Å². The normalized spacial score (nSPS) is 35.2. The minimum atomic E-state index is -0.237. The first-order valence-corrected chi connectivity index (χ1v) is 5.68. The third kappa shape index (κ3) is 1.93. The van der Waals surface area contributed by atoms with Crippen LogP contribution in [-0.2, 0) is 9.53 Å². The zero-order chi connectivity index (χ0) is 11.0. The molecule has 2 aliphatic heterocycles. The Hall–Kier alpha value is -0.830. The van der Waals surface area contributed by atoms with Crippen molar-refractivity contribution in [3.05, 3.63) is 12.2 Å². The van der Waals surface area contributed by atoms with E-state index in [4.69, 9.17) is 4.74 Å². The second-order valence-electron chi connectivity index (χ2n) is 4.77. The molecule has 0 spiro atoms. The first-order valence-electron chi connectivity index (χ1n) is 5.68. The molecule has 2 aliphatic rings. The van der Waals surface area contributed by atoms with Gasteiger partial charge in [-0.3, -0.25) is 4.90 Å². The van der Waals surface area contributed by atoms with Crippen LogP contribution in [-0.4, -0.2) is 36.1 Å². The summed E-state index contributed by atoms with van der Waals surface area (Å²) in [5, 5.41) is 0. The van der Waals surface area contributed by atoms with Crippen molar-refractivity contribution in [2.24, 2.45) is 0 Å². The van der Waals surface area contributed by atoms with Gasteiger partial charge in [0.2, 0.25) is 0 Å². The van der Waals surface area contributed by atoms with Crippen molar-refractivity contribution >= 4 is 5.97 Å². The molecule has 3 nitrogen and oxygen atoms in total. The summed E-state index contributed by atoms with van der Waals surface area (Å²) in [6.45, 7) is 5.31. The van der Waals surface area contributed by atoms with Crippen molar-refractivity contribution in [1.82, 2.24) is 4.90 Å². The van der Waals surface area contributed by atoms with Crippen molar-refractivity contribution in [1.29, 1.82) is 0 Å². The molecule has 2 fully saturated rings. The smallest absolute Gasteiger partial charge is 0.333 e. The Morgan fingerprint density at radius 1 is 1.33 bits per heavy atom. The molecular weight excluding hydrogens is 190 g/mol. The predicted octanol–water partition coefficient (Wildman–Crippen LogP) is 1.73. The Morgan fingerprint density at radius 2 is 2.00 bits per heavy atom. The first-order chi connectivity index (χ1) is 7.09. The Balaban J connectivity index is 1.98. The molecule has 2 heterocycles. The molecular formula is C12H19NO2. The van der Waals surface area contributed by atoms with Gasteiger partial charge < -0.3 is 4.74 Å². The van der Waals surface area contributed by atoms with E-state index in [1.54, 1.807) is 6.92 Å². The van der Waals surface area contributed by atoms with Crippen LogP contribution in [0.3, 0.4) is 0 Å². The number of carbonyl (C=O) groups excluding carboxylic acids is 1. The summed E-state index contributed by atoms with van der Waals surface area (Å²) in [7, 11) is 2.14. The highest BCUT2D eigenvalue weighted by atomic mass is 16.5. The van der Waals surface area contributed by atoms with Crippen LogP contribution in [0.4, 0.5) is 0 Å². The maximum Gasteiger partial charge on any atom is 0.333 e. The quantitative estimate of drug-likeness (QED) is 0.512. The van der Waals surface area contributed by atoms with E-state index in [0.717, 1.165) is 25.3 Å². The largest absolute Gasteiger partial charge is 0.457 e. The minimum Gasteiger partial charge on any atom is -0.457 e. The van der Waals surface area contributed by atoms with Gasteiger partial charge in [0.15, 0.2) is 0 Å². The summed E-state index contributed by atoms with van der Waals surface area (Å²) in [4.78, 5) is 13.8. The third-order valence-corrected chi connectivity index (χ3v) is 3.72. The van der Waals surface area contributed by atoms with Crippen LogP contribution >= 0.6 is 0 Å². The lowest BCUT2D eigenvalue weighted by molar-refractivity contribution is -0.149. The van der Waals surface area contributed by atoms with E-state index < -0.39 is 0 Å². The van der Waals surface area contributed by atoms with Gasteiger partial charge in [-0.25, -0.2) is 4.79 Å². The molecule has 15 heavy (non-hydrogen) atoms. The molecule has 2 bridgehead atoms. The summed E-state index contributed by atoms with van der Waals surface area (Å²) in [5.41, 5.74) is 0.498. The average molecular weight is 209 g/mol. The fraction of sp³-hybridized carbons (Fsp3) is 0.750. The van der Waals surface area contributed by atoms with E-state index in [9.17, 15) is 4.79 Å². The standard InChI is InChI=1S/C12H19NO2/c1-8(2)12(14)15-11-7-5-9-4-6-10(11)13(9)3/h9-11H,1,4-7H2,2-3H3. The van der Waals surface area contributed by atoms with Crippen LogP contribution in [0.15, 0.2) is 12.2 Å². The number of carbonyl (C=O) groups is 1. The van der Waals surface area contributed by atoms with E-state index in [-0.39, 0.29) is 12.1 Å². The molecule has 3 atom stereocenters. The molecule has 0 aromatic heterocycles. The minimum absolute atomic E-state index is 0.0814. The molecule has 3 heteroatoms. The highest BCUT2D eigenvalue weighted by Crippen LogP contribution is 2.35. The number of hydrogen-bond acceptors (Lipinski definition) is 3. The number of nitrogens with zero attached hydrogens (tertiary/aromatic N) is 1. The van der Waals surface area contributed by atoms with Gasteiger partial charge in [-0.1, -0.05) is 6.58 Å². The number of ether oxygens (including phenoxy) is 1. The first kappa shape index (κ1) is 10.7. The fourth-order valence-corrected chi connectivity index (χ4v) is 2.76. The van der Waals surface area contributed by atoms with E-state index in [1.165, 1.54) is 6.42 Å². The Labute approximate surface area is 91.1 Å². The van der Waals surface area contributed by atoms with Gasteiger partial charge in [0.05, 0.1) is 0 Å². The van der Waals surface area contributed by atoms with E-state index in [2.05, 4.69) is 18.5 Å². The van der Waals surface area contributed by atoms with Crippen molar-refractivity contribution < 1.29 is 9.53 Å². The predicted molar refractivity (Wildman–Crippen MR) is 58.5 cm³/mol. The molecule has 2 rings (SSSR count). The number of rotatable bonds is 2. The number of hydrogen-bond donors (Lipinski definition) is 0. The number of piperidine rings is 1. The van der Waals surface area contributed by atoms with Crippen molar-refractivity contribution in [3.63, 3.8) is 0 Å². The highest BCUT2D eigenvalue weighted by molar-refractivity contribution is 5.87. The number of esters is 1. The van der Waals surface area contributed by atoms with Crippen molar-refractivity contribution in [3.8, 4) is 0 Å². The third-order valence-electron chi connectivity index (χ3n) is 3.72. The van der Waals surface area contributed by atoms with E-state index in [0.29, 0.717) is 11.6 Å². The van der Waals surface area contributed by atoms with Gasteiger partial charge in [-0.15, -0.1) is 0 Å².